The van der Waals surface area contributed by atoms with Crippen molar-refractivity contribution in [2.75, 3.05) is 31.6 Å². The Morgan fingerprint density at radius 2 is 1.74 bits per heavy atom. The lowest BCUT2D eigenvalue weighted by Crippen LogP contribution is -2.39. The Morgan fingerprint density at radius 3 is 2.29 bits per heavy atom. The van der Waals surface area contributed by atoms with Crippen LogP contribution in [0.3, 0.4) is 0 Å². The molecule has 0 aliphatic heterocycles. The summed E-state index contributed by atoms with van der Waals surface area (Å²) in [6.45, 7) is 7.37. The van der Waals surface area contributed by atoms with Gasteiger partial charge in [0, 0.05) is 37.4 Å². The number of nitrogens with zero attached hydrogens (tertiary/aromatic N) is 2. The molecule has 2 aromatic carbocycles. The third kappa shape index (κ3) is 9.62. The predicted octanol–water partition coefficient (Wildman–Crippen LogP) is 4.59. The van der Waals surface area contributed by atoms with Crippen molar-refractivity contribution < 1.29 is 29.1 Å². The number of ether oxygens (including phenoxy) is 2. The van der Waals surface area contributed by atoms with Gasteiger partial charge in [0.05, 0.1) is 11.5 Å². The van der Waals surface area contributed by atoms with Gasteiger partial charge in [-0.3, -0.25) is 10.1 Å². The summed E-state index contributed by atoms with van der Waals surface area (Å²) in [5.74, 6) is 0.0155. The smallest absolute Gasteiger partial charge is 0.333 e. The Kier molecular flexibility index (Phi) is 11.0. The van der Waals surface area contributed by atoms with Gasteiger partial charge < -0.3 is 24.8 Å². The molecule has 2 N–H and O–H groups in total. The van der Waals surface area contributed by atoms with E-state index in [2.05, 4.69) is 19.2 Å². The maximum absolute atomic E-state index is 12.8. The van der Waals surface area contributed by atoms with Crippen LogP contribution in [0, 0.1) is 16.0 Å². The van der Waals surface area contributed by atoms with Crippen molar-refractivity contribution in [1.29, 1.82) is 0 Å². The largest absolute Gasteiger partial charge is 0.492 e. The van der Waals surface area contributed by atoms with Crippen molar-refractivity contribution in [3.63, 3.8) is 0 Å². The molecule has 2 aromatic rings. The second-order valence-electron chi connectivity index (χ2n) is 8.38. The molecule has 0 saturated heterocycles. The molecule has 2 amide bonds. The summed E-state index contributed by atoms with van der Waals surface area (Å²) in [6, 6.07) is 12.5. The van der Waals surface area contributed by atoms with Gasteiger partial charge in [0.2, 0.25) is 0 Å². The number of hydrogen-bond acceptors (Lipinski definition) is 6. The highest BCUT2D eigenvalue weighted by molar-refractivity contribution is 5.89. The molecule has 1 unspecified atom stereocenters. The van der Waals surface area contributed by atoms with Crippen LogP contribution in [0.25, 0.3) is 0 Å². The topological polar surface area (TPSA) is 131 Å². The van der Waals surface area contributed by atoms with E-state index in [1.165, 1.54) is 24.3 Å². The number of amides is 2. The molecule has 0 bridgehead atoms. The number of nitrogens with one attached hydrogen (secondary N) is 1. The van der Waals surface area contributed by atoms with Crippen LogP contribution < -0.4 is 10.1 Å². The van der Waals surface area contributed by atoms with E-state index < -0.39 is 17.0 Å². The lowest BCUT2D eigenvalue weighted by molar-refractivity contribution is -0.384. The molecule has 190 valence electrons. The number of nitro groups is 1. The van der Waals surface area contributed by atoms with Crippen molar-refractivity contribution in [3.8, 4) is 5.75 Å². The van der Waals surface area contributed by atoms with Crippen molar-refractivity contribution >= 4 is 23.4 Å². The molecule has 0 radical (unpaired) electrons. The van der Waals surface area contributed by atoms with Crippen LogP contribution in [0.2, 0.25) is 0 Å². The number of carbonyl (C=O) groups excluding carboxylic acids is 1. The molecule has 0 fully saturated rings. The first-order valence-electron chi connectivity index (χ1n) is 11.6. The summed E-state index contributed by atoms with van der Waals surface area (Å²) in [7, 11) is 0. The fourth-order valence-electron chi connectivity index (χ4n) is 3.23. The number of urea groups is 1. The van der Waals surface area contributed by atoms with E-state index in [-0.39, 0.29) is 24.7 Å². The molecule has 1 atom stereocenters. The number of hydrogen-bond donors (Lipinski definition) is 2. The van der Waals surface area contributed by atoms with Crippen LogP contribution in [-0.2, 0) is 16.0 Å². The highest BCUT2D eigenvalue weighted by Gasteiger charge is 2.18. The minimum absolute atomic E-state index is 0.0459. The summed E-state index contributed by atoms with van der Waals surface area (Å²) >= 11 is 0. The number of anilines is 1. The first-order valence-corrected chi connectivity index (χ1v) is 11.6. The third-order valence-corrected chi connectivity index (χ3v) is 5.21. The number of rotatable bonds is 14. The number of nitro benzene ring substituents is 1. The van der Waals surface area contributed by atoms with E-state index in [1.807, 2.05) is 0 Å². The first-order chi connectivity index (χ1) is 16.7. The molecule has 10 nitrogen and oxygen atoms in total. The highest BCUT2D eigenvalue weighted by atomic mass is 16.6. The zero-order valence-electron chi connectivity index (χ0n) is 20.3. The molecule has 0 saturated carbocycles. The number of carboxylic acids is 1. The maximum Gasteiger partial charge on any atom is 0.333 e. The molecule has 0 aromatic heterocycles. The lowest BCUT2D eigenvalue weighted by atomic mass is 10.1. The van der Waals surface area contributed by atoms with Crippen LogP contribution in [0.15, 0.2) is 48.5 Å². The molecule has 0 aliphatic carbocycles. The molecule has 10 heteroatoms. The van der Waals surface area contributed by atoms with Gasteiger partial charge in [-0.25, -0.2) is 9.59 Å². The number of carbonyl (C=O) groups is 2. The summed E-state index contributed by atoms with van der Waals surface area (Å²) in [6.07, 6.45) is 0.179. The number of carboxylic acid groups (broad SMARTS) is 1. The second-order valence-corrected chi connectivity index (χ2v) is 8.38. The van der Waals surface area contributed by atoms with Crippen LogP contribution in [0.1, 0.15) is 32.8 Å². The summed E-state index contributed by atoms with van der Waals surface area (Å²) < 4.78 is 11.0. The normalized spacial score (nSPS) is 11.7. The first kappa shape index (κ1) is 27.6. The standard InChI is InChI=1S/C25H33N3O7/c1-4-34-23(24(29)30)17-19-5-11-22(12-6-19)35-16-15-27(14-13-18(2)3)25(31)26-20-7-9-21(10-8-20)28(32)33/h5-12,18,23H,4,13-17H2,1-3H3,(H,26,31)(H,29,30). The Hall–Kier alpha value is -3.66. The van der Waals surface area contributed by atoms with Crippen molar-refractivity contribution in [2.24, 2.45) is 5.92 Å². The van der Waals surface area contributed by atoms with Gasteiger partial charge in [-0.1, -0.05) is 26.0 Å². The summed E-state index contributed by atoms with van der Waals surface area (Å²) in [5.41, 5.74) is 1.24. The highest BCUT2D eigenvalue weighted by Crippen LogP contribution is 2.17. The number of benzene rings is 2. The monoisotopic (exact) mass is 487 g/mol. The van der Waals surface area contributed by atoms with Gasteiger partial charge in [0.1, 0.15) is 12.4 Å². The van der Waals surface area contributed by atoms with E-state index in [4.69, 9.17) is 9.47 Å². The van der Waals surface area contributed by atoms with Gasteiger partial charge in [0.15, 0.2) is 6.10 Å². The third-order valence-electron chi connectivity index (χ3n) is 5.21. The van der Waals surface area contributed by atoms with Gasteiger partial charge in [-0.05, 0) is 49.1 Å². The van der Waals surface area contributed by atoms with Crippen LogP contribution in [-0.4, -0.2) is 59.3 Å². The summed E-state index contributed by atoms with van der Waals surface area (Å²) in [5, 5.41) is 22.8. The minimum atomic E-state index is -0.999. The number of non-ortho nitro benzene ring substituents is 1. The fraction of sp³-hybridized carbons (Fsp3) is 0.440. The molecular formula is C25H33N3O7. The Balaban J connectivity index is 1.92. The Bertz CT molecular complexity index is 962. The predicted molar refractivity (Wildman–Crippen MR) is 132 cm³/mol. The lowest BCUT2D eigenvalue weighted by Gasteiger charge is -2.24. The molecule has 2 rings (SSSR count). The molecule has 0 heterocycles. The summed E-state index contributed by atoms with van der Waals surface area (Å²) in [4.78, 5) is 36.0. The van der Waals surface area contributed by atoms with E-state index >= 15 is 0 Å². The van der Waals surface area contributed by atoms with Gasteiger partial charge in [0.25, 0.3) is 5.69 Å². The second kappa shape index (κ2) is 13.9. The molecular weight excluding hydrogens is 454 g/mol. The quantitative estimate of drug-likeness (QED) is 0.294. The van der Waals surface area contributed by atoms with Crippen LogP contribution >= 0.6 is 0 Å². The van der Waals surface area contributed by atoms with Gasteiger partial charge in [-0.15, -0.1) is 0 Å². The van der Waals surface area contributed by atoms with E-state index in [1.54, 1.807) is 36.1 Å². The van der Waals surface area contributed by atoms with E-state index in [9.17, 15) is 24.8 Å². The SMILES string of the molecule is CCOC(Cc1ccc(OCCN(CCC(C)C)C(=O)Nc2ccc([N+](=O)[O-])cc2)cc1)C(=O)O. The minimum Gasteiger partial charge on any atom is -0.492 e. The van der Waals surface area contributed by atoms with Crippen molar-refractivity contribution in [3.05, 3.63) is 64.2 Å². The zero-order valence-corrected chi connectivity index (χ0v) is 20.3. The fourth-order valence-corrected chi connectivity index (χ4v) is 3.23. The number of aliphatic carboxylic acids is 1. The maximum atomic E-state index is 12.8. The zero-order chi connectivity index (χ0) is 25.8. The van der Waals surface area contributed by atoms with E-state index in [0.717, 1.165) is 12.0 Å². The molecule has 35 heavy (non-hydrogen) atoms. The molecule has 0 spiro atoms. The molecule has 0 aliphatic rings. The van der Waals surface area contributed by atoms with Crippen molar-refractivity contribution in [2.45, 2.75) is 39.7 Å². The average Bonchev–Trinajstić information content (AvgIpc) is 2.82. The average molecular weight is 488 g/mol. The van der Waals surface area contributed by atoms with Gasteiger partial charge in [-0.2, -0.15) is 0 Å². The van der Waals surface area contributed by atoms with Gasteiger partial charge >= 0.3 is 12.0 Å². The van der Waals surface area contributed by atoms with Crippen LogP contribution in [0.4, 0.5) is 16.2 Å². The van der Waals surface area contributed by atoms with Crippen molar-refractivity contribution in [1.82, 2.24) is 4.90 Å². The van der Waals surface area contributed by atoms with Crippen LogP contribution in [0.5, 0.6) is 5.75 Å². The Labute approximate surface area is 205 Å². The Morgan fingerprint density at radius 1 is 1.09 bits per heavy atom. The van der Waals surface area contributed by atoms with E-state index in [0.29, 0.717) is 37.1 Å².